The Morgan fingerprint density at radius 1 is 1.04 bits per heavy atom. The summed E-state index contributed by atoms with van der Waals surface area (Å²) in [6, 6.07) is 15.0. The Kier molecular flexibility index (Phi) is 3.76. The van der Waals surface area contributed by atoms with Gasteiger partial charge in [-0.05, 0) is 24.3 Å². The van der Waals surface area contributed by atoms with E-state index in [9.17, 15) is 14.4 Å². The van der Waals surface area contributed by atoms with E-state index in [0.29, 0.717) is 17.0 Å². The smallest absolute Gasteiger partial charge is 0.278 e. The first-order valence-corrected chi connectivity index (χ1v) is 7.97. The lowest BCUT2D eigenvalue weighted by atomic mass is 9.93. The summed E-state index contributed by atoms with van der Waals surface area (Å²) >= 11 is 0. The van der Waals surface area contributed by atoms with Gasteiger partial charge in [0.25, 0.3) is 5.91 Å². The molecule has 7 heteroatoms. The van der Waals surface area contributed by atoms with Gasteiger partial charge >= 0.3 is 0 Å². The Labute approximate surface area is 148 Å². The predicted molar refractivity (Wildman–Crippen MR) is 92.1 cm³/mol. The number of rotatable bonds is 4. The minimum absolute atomic E-state index is 0.0458. The van der Waals surface area contributed by atoms with E-state index < -0.39 is 29.6 Å². The number of carbonyl (C=O) groups is 3. The van der Waals surface area contributed by atoms with Gasteiger partial charge in [0.1, 0.15) is 17.4 Å². The van der Waals surface area contributed by atoms with Gasteiger partial charge in [-0.1, -0.05) is 35.5 Å². The van der Waals surface area contributed by atoms with Crippen LogP contribution in [0.3, 0.4) is 0 Å². The molecule has 1 fully saturated rings. The number of oxime groups is 1. The summed E-state index contributed by atoms with van der Waals surface area (Å²) in [4.78, 5) is 44.3. The predicted octanol–water partition coefficient (Wildman–Crippen LogP) is 1.82. The third-order valence-corrected chi connectivity index (χ3v) is 4.41. The molecule has 2 aromatic carbocycles. The maximum absolute atomic E-state index is 12.9. The minimum Gasteiger partial charge on any atom is -0.497 e. The highest BCUT2D eigenvalue weighted by atomic mass is 16.7. The number of fused-ring (bicyclic) bond motifs is 1. The van der Waals surface area contributed by atoms with E-state index in [4.69, 9.17) is 9.57 Å². The number of carbonyl (C=O) groups excluding carboxylic acids is 3. The van der Waals surface area contributed by atoms with Crippen molar-refractivity contribution in [2.75, 3.05) is 12.0 Å². The number of hydrogen-bond acceptors (Lipinski definition) is 6. The van der Waals surface area contributed by atoms with E-state index in [1.807, 2.05) is 0 Å². The highest BCUT2D eigenvalue weighted by Gasteiger charge is 2.57. The fraction of sp³-hybridized carbons (Fsp3) is 0.158. The van der Waals surface area contributed by atoms with Gasteiger partial charge in [0.15, 0.2) is 0 Å². The number of nitrogens with zero attached hydrogens (tertiary/aromatic N) is 2. The molecular formula is C19H14N2O5. The highest BCUT2D eigenvalue weighted by molar-refractivity contribution is 6.52. The Bertz CT molecular complexity index is 921. The Hall–Kier alpha value is -3.48. The number of ether oxygens (including phenoxy) is 1. The fourth-order valence-electron chi connectivity index (χ4n) is 3.09. The van der Waals surface area contributed by atoms with Crippen LogP contribution in [-0.4, -0.2) is 36.5 Å². The summed E-state index contributed by atoms with van der Waals surface area (Å²) in [5.74, 6) is -1.91. The second-order valence-corrected chi connectivity index (χ2v) is 5.89. The molecular weight excluding hydrogens is 336 g/mol. The number of imide groups is 1. The van der Waals surface area contributed by atoms with Crippen LogP contribution >= 0.6 is 0 Å². The van der Waals surface area contributed by atoms with Crippen molar-refractivity contribution in [1.29, 1.82) is 0 Å². The molecule has 2 aliphatic rings. The van der Waals surface area contributed by atoms with E-state index in [2.05, 4.69) is 5.16 Å². The van der Waals surface area contributed by atoms with Gasteiger partial charge in [0.05, 0.1) is 12.8 Å². The number of anilines is 1. The maximum Gasteiger partial charge on any atom is 0.278 e. The van der Waals surface area contributed by atoms with Crippen molar-refractivity contribution in [3.63, 3.8) is 0 Å². The van der Waals surface area contributed by atoms with Crippen molar-refractivity contribution in [1.82, 2.24) is 0 Å². The molecule has 2 unspecified atom stereocenters. The molecule has 2 aliphatic heterocycles. The summed E-state index contributed by atoms with van der Waals surface area (Å²) in [6.45, 7) is 0. The zero-order valence-electron chi connectivity index (χ0n) is 13.8. The van der Waals surface area contributed by atoms with E-state index in [1.54, 1.807) is 54.6 Å². The molecule has 7 nitrogen and oxygen atoms in total. The van der Waals surface area contributed by atoms with Crippen molar-refractivity contribution in [2.24, 2.45) is 11.1 Å². The molecule has 130 valence electrons. The van der Waals surface area contributed by atoms with Crippen LogP contribution in [-0.2, 0) is 14.4 Å². The number of ketones is 1. The summed E-state index contributed by atoms with van der Waals surface area (Å²) < 4.78 is 5.08. The first-order valence-electron chi connectivity index (χ1n) is 7.97. The van der Waals surface area contributed by atoms with Crippen LogP contribution in [0.2, 0.25) is 0 Å². The third-order valence-electron chi connectivity index (χ3n) is 4.41. The van der Waals surface area contributed by atoms with E-state index in [0.717, 1.165) is 4.90 Å². The van der Waals surface area contributed by atoms with E-state index >= 15 is 0 Å². The van der Waals surface area contributed by atoms with Gasteiger partial charge in [0, 0.05) is 5.56 Å². The number of methoxy groups -OCH3 is 1. The summed E-state index contributed by atoms with van der Waals surface area (Å²) in [5, 5.41) is 3.73. The molecule has 2 atom stereocenters. The lowest BCUT2D eigenvalue weighted by Crippen LogP contribution is -2.34. The van der Waals surface area contributed by atoms with Crippen LogP contribution in [0, 0.1) is 5.92 Å². The Morgan fingerprint density at radius 2 is 1.73 bits per heavy atom. The first kappa shape index (κ1) is 16.0. The van der Waals surface area contributed by atoms with Gasteiger partial charge in [-0.15, -0.1) is 0 Å². The molecule has 0 bridgehead atoms. The molecule has 26 heavy (non-hydrogen) atoms. The van der Waals surface area contributed by atoms with Gasteiger partial charge < -0.3 is 9.57 Å². The maximum atomic E-state index is 12.9. The van der Waals surface area contributed by atoms with Crippen LogP contribution < -0.4 is 9.64 Å². The lowest BCUT2D eigenvalue weighted by molar-refractivity contribution is -0.126. The van der Waals surface area contributed by atoms with Crippen LogP contribution in [0.5, 0.6) is 5.75 Å². The van der Waals surface area contributed by atoms with Gasteiger partial charge in [-0.2, -0.15) is 0 Å². The largest absolute Gasteiger partial charge is 0.497 e. The molecule has 2 amide bonds. The van der Waals surface area contributed by atoms with Crippen LogP contribution in [0.1, 0.15) is 10.4 Å². The van der Waals surface area contributed by atoms with Crippen molar-refractivity contribution in [3.05, 3.63) is 60.2 Å². The number of amides is 2. The average molecular weight is 350 g/mol. The van der Waals surface area contributed by atoms with Crippen molar-refractivity contribution in [3.8, 4) is 5.75 Å². The Balaban J connectivity index is 1.64. The standard InChI is InChI=1S/C19H14N2O5/c1-25-13-9-7-12(8-10-13)21-18(23)14-15(20-26-17(14)19(21)24)16(22)11-5-3-2-4-6-11/h2-10,14,17H,1H3. The third kappa shape index (κ3) is 2.36. The van der Waals surface area contributed by atoms with Gasteiger partial charge in [-0.25, -0.2) is 4.90 Å². The molecule has 0 aromatic heterocycles. The molecule has 2 heterocycles. The first-order chi connectivity index (χ1) is 12.6. The molecule has 1 saturated heterocycles. The second-order valence-electron chi connectivity index (χ2n) is 5.89. The molecule has 0 saturated carbocycles. The van der Waals surface area contributed by atoms with Crippen LogP contribution in [0.4, 0.5) is 5.69 Å². The number of Topliss-reactive ketones (excluding diaryl/α,β-unsaturated/α-hetero) is 1. The molecule has 4 rings (SSSR count). The quantitative estimate of drug-likeness (QED) is 0.620. The summed E-state index contributed by atoms with van der Waals surface area (Å²) in [7, 11) is 1.53. The van der Waals surface area contributed by atoms with Crippen LogP contribution in [0.25, 0.3) is 0 Å². The average Bonchev–Trinajstić information content (AvgIpc) is 3.22. The summed E-state index contributed by atoms with van der Waals surface area (Å²) in [5.41, 5.74) is 0.736. The minimum atomic E-state index is -1.10. The fourth-order valence-corrected chi connectivity index (χ4v) is 3.09. The normalized spacial score (nSPS) is 21.3. The summed E-state index contributed by atoms with van der Waals surface area (Å²) in [6.07, 6.45) is -1.10. The molecule has 2 aromatic rings. The molecule has 0 N–H and O–H groups in total. The van der Waals surface area contributed by atoms with E-state index in [-0.39, 0.29) is 5.71 Å². The van der Waals surface area contributed by atoms with Gasteiger partial charge in [-0.3, -0.25) is 14.4 Å². The zero-order valence-corrected chi connectivity index (χ0v) is 13.8. The number of benzene rings is 2. The highest BCUT2D eigenvalue weighted by Crippen LogP contribution is 2.34. The number of hydrogen-bond donors (Lipinski definition) is 0. The molecule has 0 radical (unpaired) electrons. The zero-order chi connectivity index (χ0) is 18.3. The van der Waals surface area contributed by atoms with Crippen LogP contribution in [0.15, 0.2) is 59.8 Å². The second kappa shape index (κ2) is 6.11. The van der Waals surface area contributed by atoms with E-state index in [1.165, 1.54) is 7.11 Å². The monoisotopic (exact) mass is 350 g/mol. The lowest BCUT2D eigenvalue weighted by Gasteiger charge is -2.15. The molecule has 0 aliphatic carbocycles. The van der Waals surface area contributed by atoms with Gasteiger partial charge in [0.2, 0.25) is 17.8 Å². The van der Waals surface area contributed by atoms with Crippen molar-refractivity contribution >= 4 is 29.0 Å². The SMILES string of the molecule is COc1ccc(N2C(=O)C3ON=C(C(=O)c4ccccc4)C3C2=O)cc1. The Morgan fingerprint density at radius 3 is 2.38 bits per heavy atom. The van der Waals surface area contributed by atoms with Crippen molar-refractivity contribution < 1.29 is 24.0 Å². The topological polar surface area (TPSA) is 85.3 Å². The van der Waals surface area contributed by atoms with Crippen molar-refractivity contribution in [2.45, 2.75) is 6.10 Å². The molecule has 0 spiro atoms.